The molecule has 8 heteroatoms. The number of carbonyl (C=O) groups is 2. The fraction of sp³-hybridized carbons (Fsp3) is 0.167. The normalized spacial score (nSPS) is 10.7. The van der Waals surface area contributed by atoms with Crippen molar-refractivity contribution in [2.24, 2.45) is 5.10 Å². The molecule has 0 saturated carbocycles. The molecule has 2 amide bonds. The zero-order valence-electron chi connectivity index (χ0n) is 13.9. The third-order valence-electron chi connectivity index (χ3n) is 3.44. The Kier molecular flexibility index (Phi) is 7.35. The Morgan fingerprint density at radius 2 is 1.81 bits per heavy atom. The summed E-state index contributed by atoms with van der Waals surface area (Å²) in [5.74, 6) is -0.853. The molecule has 3 N–H and O–H groups in total. The quantitative estimate of drug-likeness (QED) is 0.330. The lowest BCUT2D eigenvalue weighted by molar-refractivity contribution is -0.126. The van der Waals surface area contributed by atoms with Crippen LogP contribution in [0, 0.1) is 0 Å². The molecule has 0 saturated heterocycles. The predicted molar refractivity (Wildman–Crippen MR) is 108 cm³/mol. The summed E-state index contributed by atoms with van der Waals surface area (Å²) in [4.78, 5) is 23.8. The summed E-state index contributed by atoms with van der Waals surface area (Å²) in [7, 11) is 0. The molecular weight excluding hydrogens is 466 g/mol. The number of amides is 2. The number of anilines is 1. The number of aromatic hydroxyl groups is 1. The largest absolute Gasteiger partial charge is 0.506 e. The first-order chi connectivity index (χ1) is 12.4. The summed E-state index contributed by atoms with van der Waals surface area (Å²) in [5.41, 5.74) is 4.67. The molecule has 6 nitrogen and oxygen atoms in total. The number of hydrogen-bond acceptors (Lipinski definition) is 4. The number of hydrazone groups is 1. The van der Waals surface area contributed by atoms with Crippen LogP contribution in [-0.4, -0.2) is 23.1 Å². The predicted octanol–water partition coefficient (Wildman–Crippen LogP) is 3.96. The van der Waals surface area contributed by atoms with E-state index in [1.165, 1.54) is 6.21 Å². The maximum absolute atomic E-state index is 12.0. The second kappa shape index (κ2) is 9.49. The Bertz CT molecular complexity index is 830. The Morgan fingerprint density at radius 3 is 2.46 bits per heavy atom. The van der Waals surface area contributed by atoms with Crippen LogP contribution in [-0.2, 0) is 16.0 Å². The molecule has 0 unspecified atom stereocenters. The first-order valence-corrected chi connectivity index (χ1v) is 9.37. The molecule has 0 fully saturated rings. The van der Waals surface area contributed by atoms with Crippen LogP contribution < -0.4 is 10.7 Å². The third kappa shape index (κ3) is 5.67. The van der Waals surface area contributed by atoms with Crippen molar-refractivity contribution >= 4 is 55.6 Å². The lowest BCUT2D eigenvalue weighted by Gasteiger charge is -2.09. The van der Waals surface area contributed by atoms with E-state index < -0.39 is 11.8 Å². The lowest BCUT2D eigenvalue weighted by Crippen LogP contribution is -2.25. The van der Waals surface area contributed by atoms with E-state index in [1.54, 1.807) is 18.2 Å². The van der Waals surface area contributed by atoms with E-state index >= 15 is 0 Å². The van der Waals surface area contributed by atoms with Crippen molar-refractivity contribution in [1.82, 2.24) is 5.43 Å². The van der Waals surface area contributed by atoms with Gasteiger partial charge >= 0.3 is 0 Å². The monoisotopic (exact) mass is 481 g/mol. The molecule has 0 aliphatic carbocycles. The average molecular weight is 483 g/mol. The van der Waals surface area contributed by atoms with Gasteiger partial charge in [0.15, 0.2) is 0 Å². The molecule has 2 aromatic carbocycles. The highest BCUT2D eigenvalue weighted by atomic mass is 79.9. The Morgan fingerprint density at radius 1 is 1.15 bits per heavy atom. The van der Waals surface area contributed by atoms with Crippen LogP contribution in [0.25, 0.3) is 0 Å². The van der Waals surface area contributed by atoms with Crippen LogP contribution >= 0.6 is 31.9 Å². The van der Waals surface area contributed by atoms with Gasteiger partial charge in [0.25, 0.3) is 0 Å². The maximum atomic E-state index is 12.0. The molecule has 2 rings (SSSR count). The number of nitrogens with one attached hydrogen (secondary N) is 2. The summed E-state index contributed by atoms with van der Waals surface area (Å²) >= 11 is 6.42. The van der Waals surface area contributed by atoms with Crippen molar-refractivity contribution in [3.63, 3.8) is 0 Å². The zero-order valence-corrected chi connectivity index (χ0v) is 17.1. The maximum Gasteiger partial charge on any atom is 0.249 e. The second-order valence-corrected chi connectivity index (χ2v) is 7.07. The van der Waals surface area contributed by atoms with Gasteiger partial charge in [-0.1, -0.05) is 25.1 Å². The van der Waals surface area contributed by atoms with E-state index in [-0.39, 0.29) is 12.2 Å². The molecule has 0 atom stereocenters. The molecule has 0 radical (unpaired) electrons. The van der Waals surface area contributed by atoms with Gasteiger partial charge in [-0.3, -0.25) is 9.59 Å². The number of benzene rings is 2. The molecule has 0 bridgehead atoms. The van der Waals surface area contributed by atoms with E-state index in [9.17, 15) is 14.7 Å². The molecule has 136 valence electrons. The number of nitrogens with zero attached hydrogens (tertiary/aromatic N) is 1. The minimum absolute atomic E-state index is 0.0789. The van der Waals surface area contributed by atoms with Crippen LogP contribution in [0.1, 0.15) is 24.5 Å². The van der Waals surface area contributed by atoms with Crippen molar-refractivity contribution in [2.75, 3.05) is 5.32 Å². The van der Waals surface area contributed by atoms with Crippen molar-refractivity contribution in [3.8, 4) is 5.75 Å². The van der Waals surface area contributed by atoms with Crippen LogP contribution in [0.15, 0.2) is 50.4 Å². The second-order valence-electron chi connectivity index (χ2n) is 5.36. The van der Waals surface area contributed by atoms with Crippen molar-refractivity contribution in [3.05, 3.63) is 56.5 Å². The summed E-state index contributed by atoms with van der Waals surface area (Å²) < 4.78 is 0.988. The van der Waals surface area contributed by atoms with Gasteiger partial charge in [0.1, 0.15) is 12.2 Å². The number of hydrogen-bond donors (Lipinski definition) is 3. The van der Waals surface area contributed by atoms with Gasteiger partial charge in [-0.15, -0.1) is 0 Å². The molecule has 0 aromatic heterocycles. The highest BCUT2D eigenvalue weighted by Crippen LogP contribution is 2.32. The van der Waals surface area contributed by atoms with Gasteiger partial charge in [-0.05, 0) is 67.6 Å². The van der Waals surface area contributed by atoms with Gasteiger partial charge in [0.05, 0.1) is 15.2 Å². The summed E-state index contributed by atoms with van der Waals surface area (Å²) in [5, 5.41) is 16.2. The number of aryl methyl sites for hydroxylation is 1. The molecule has 0 aliphatic heterocycles. The van der Waals surface area contributed by atoms with Gasteiger partial charge in [0.2, 0.25) is 11.8 Å². The lowest BCUT2D eigenvalue weighted by atomic mass is 10.1. The highest BCUT2D eigenvalue weighted by molar-refractivity contribution is 9.11. The van der Waals surface area contributed by atoms with E-state index in [0.717, 1.165) is 12.0 Å². The molecule has 0 aliphatic rings. The molecule has 0 spiro atoms. The van der Waals surface area contributed by atoms with Crippen molar-refractivity contribution in [2.45, 2.75) is 19.8 Å². The van der Waals surface area contributed by atoms with Crippen LogP contribution in [0.2, 0.25) is 0 Å². The van der Waals surface area contributed by atoms with Gasteiger partial charge in [0, 0.05) is 5.69 Å². The topological polar surface area (TPSA) is 90.8 Å². The van der Waals surface area contributed by atoms with E-state index in [2.05, 4.69) is 47.7 Å². The number of halogens is 2. The average Bonchev–Trinajstić information content (AvgIpc) is 2.60. The summed E-state index contributed by atoms with van der Waals surface area (Å²) in [6, 6.07) is 10.7. The zero-order chi connectivity index (χ0) is 19.1. The standard InChI is InChI=1S/C18H17Br2N3O3/c1-2-12-5-3-4-6-15(12)22-16(24)9-17(25)23-21-10-11-7-13(19)18(26)14(20)8-11/h3-8,10,26H,2,9H2,1H3,(H,22,24)(H,23,25). The van der Waals surface area contributed by atoms with E-state index in [0.29, 0.717) is 20.2 Å². The van der Waals surface area contributed by atoms with E-state index in [1.807, 2.05) is 25.1 Å². The van der Waals surface area contributed by atoms with Crippen molar-refractivity contribution < 1.29 is 14.7 Å². The fourth-order valence-corrected chi connectivity index (χ4v) is 3.39. The van der Waals surface area contributed by atoms with Gasteiger partial charge in [-0.2, -0.15) is 5.10 Å². The first-order valence-electron chi connectivity index (χ1n) is 7.78. The smallest absolute Gasteiger partial charge is 0.249 e. The summed E-state index contributed by atoms with van der Waals surface area (Å²) in [6.45, 7) is 1.99. The SMILES string of the molecule is CCc1ccccc1NC(=O)CC(=O)NN=Cc1cc(Br)c(O)c(Br)c1. The fourth-order valence-electron chi connectivity index (χ4n) is 2.17. The molecular formula is C18H17Br2N3O3. The number of rotatable bonds is 6. The number of phenols is 1. The summed E-state index contributed by atoms with van der Waals surface area (Å²) in [6.07, 6.45) is 1.86. The third-order valence-corrected chi connectivity index (χ3v) is 4.64. The Hall–Kier alpha value is -2.19. The molecule has 26 heavy (non-hydrogen) atoms. The molecule has 0 heterocycles. The Labute approximate surface area is 167 Å². The number of phenolic OH excluding ortho intramolecular Hbond substituents is 1. The number of carbonyl (C=O) groups excluding carboxylic acids is 2. The minimum Gasteiger partial charge on any atom is -0.506 e. The van der Waals surface area contributed by atoms with Crippen LogP contribution in [0.4, 0.5) is 5.69 Å². The van der Waals surface area contributed by atoms with Crippen molar-refractivity contribution in [1.29, 1.82) is 0 Å². The first kappa shape index (κ1) is 20.1. The minimum atomic E-state index is -0.523. The molecule has 2 aromatic rings. The van der Waals surface area contributed by atoms with Crippen LogP contribution in [0.5, 0.6) is 5.75 Å². The Balaban J connectivity index is 1.89. The number of para-hydroxylation sites is 1. The highest BCUT2D eigenvalue weighted by Gasteiger charge is 2.10. The van der Waals surface area contributed by atoms with Crippen LogP contribution in [0.3, 0.4) is 0 Å². The van der Waals surface area contributed by atoms with E-state index in [4.69, 9.17) is 0 Å². The van der Waals surface area contributed by atoms with Gasteiger partial charge in [-0.25, -0.2) is 5.43 Å². The van der Waals surface area contributed by atoms with Gasteiger partial charge < -0.3 is 10.4 Å².